The van der Waals surface area contributed by atoms with Crippen LogP contribution in [0, 0.1) is 11.6 Å². The second-order valence-electron chi connectivity index (χ2n) is 6.80. The molecule has 0 atom stereocenters. The summed E-state index contributed by atoms with van der Waals surface area (Å²) in [5.74, 6) is -1.15. The molecule has 0 saturated carbocycles. The third kappa shape index (κ3) is 3.58. The number of rotatable bonds is 6. The van der Waals surface area contributed by atoms with Crippen molar-refractivity contribution in [2.75, 3.05) is 35.3 Å². The molecule has 0 fully saturated rings. The first-order chi connectivity index (χ1) is 14.7. The predicted octanol–water partition coefficient (Wildman–Crippen LogP) is 4.92. The Labute approximate surface area is 184 Å². The van der Waals surface area contributed by atoms with Gasteiger partial charge in [-0.3, -0.25) is 0 Å². The number of aliphatic hydroxyl groups is 1. The van der Waals surface area contributed by atoms with E-state index in [0.29, 0.717) is 29.1 Å². The van der Waals surface area contributed by atoms with Crippen molar-refractivity contribution in [1.29, 1.82) is 0 Å². The molecule has 0 amide bonds. The Hall–Kier alpha value is -3.23. The molecule has 0 spiro atoms. The molecule has 0 unspecified atom stereocenters. The van der Waals surface area contributed by atoms with E-state index < -0.39 is 18.2 Å². The van der Waals surface area contributed by atoms with Crippen LogP contribution in [0.1, 0.15) is 18.1 Å². The lowest BCUT2D eigenvalue weighted by Crippen LogP contribution is -2.22. The van der Waals surface area contributed by atoms with Crippen LogP contribution in [0.4, 0.5) is 37.2 Å². The van der Waals surface area contributed by atoms with Crippen molar-refractivity contribution in [3.63, 3.8) is 0 Å². The molecule has 31 heavy (non-hydrogen) atoms. The highest BCUT2D eigenvalue weighted by Gasteiger charge is 2.33. The monoisotopic (exact) mass is 448 g/mol. The first-order valence-corrected chi connectivity index (χ1v) is 9.75. The topological polar surface area (TPSA) is 96.8 Å². The van der Waals surface area contributed by atoms with Crippen LogP contribution < -0.4 is 21.7 Å². The molecule has 164 valence electrons. The number of nitrogens with two attached hydrogens (primary N) is 2. The number of nitrogen functional groups attached to an aromatic ring is 2. The van der Waals surface area contributed by atoms with Crippen LogP contribution in [0.5, 0.6) is 0 Å². The number of ether oxygens (including phenoxy) is 1. The van der Waals surface area contributed by atoms with E-state index >= 15 is 0 Å². The van der Waals surface area contributed by atoms with Crippen LogP contribution in [-0.4, -0.2) is 18.8 Å². The Balaban J connectivity index is 2.42. The van der Waals surface area contributed by atoms with Gasteiger partial charge < -0.3 is 31.5 Å². The van der Waals surface area contributed by atoms with Crippen molar-refractivity contribution in [2.24, 2.45) is 0 Å². The van der Waals surface area contributed by atoms with Gasteiger partial charge >= 0.3 is 0 Å². The summed E-state index contributed by atoms with van der Waals surface area (Å²) in [7, 11) is 1.51. The van der Waals surface area contributed by atoms with Crippen molar-refractivity contribution in [1.82, 2.24) is 0 Å². The normalized spacial score (nSPS) is 13.0. The van der Waals surface area contributed by atoms with Gasteiger partial charge in [0.25, 0.3) is 0 Å². The van der Waals surface area contributed by atoms with E-state index in [9.17, 15) is 13.9 Å². The molecule has 6 nitrogen and oxygen atoms in total. The van der Waals surface area contributed by atoms with E-state index in [-0.39, 0.29) is 39.0 Å². The molecular formula is C22H23ClF2N4O2. The second-order valence-corrected chi connectivity index (χ2v) is 7.18. The fourth-order valence-electron chi connectivity index (χ4n) is 3.51. The fourth-order valence-corrected chi connectivity index (χ4v) is 3.87. The van der Waals surface area contributed by atoms with Crippen molar-refractivity contribution in [2.45, 2.75) is 13.5 Å². The summed E-state index contributed by atoms with van der Waals surface area (Å²) in [4.78, 5) is 1.55. The van der Waals surface area contributed by atoms with Gasteiger partial charge in [0.1, 0.15) is 11.6 Å². The SMILES string of the molecule is C=C(OCC)C1=CN(c2cc(N)c(F)cc2CO)c2c(Cl)c(NC)c(F)c(N)c2C1=C. The third-order valence-electron chi connectivity index (χ3n) is 5.01. The van der Waals surface area contributed by atoms with Gasteiger partial charge in [-0.25, -0.2) is 8.78 Å². The Morgan fingerprint density at radius 1 is 1.32 bits per heavy atom. The van der Waals surface area contributed by atoms with E-state index in [0.717, 1.165) is 6.07 Å². The molecule has 2 aromatic carbocycles. The molecule has 3 rings (SSSR count). The maximum absolute atomic E-state index is 15.0. The first-order valence-electron chi connectivity index (χ1n) is 9.37. The molecule has 0 radical (unpaired) electrons. The largest absolute Gasteiger partial charge is 0.494 e. The van der Waals surface area contributed by atoms with Crippen LogP contribution in [0.15, 0.2) is 42.8 Å². The molecule has 0 bridgehead atoms. The minimum atomic E-state index is -0.739. The molecule has 1 heterocycles. The van der Waals surface area contributed by atoms with Crippen molar-refractivity contribution >= 4 is 45.6 Å². The number of hydrogen-bond acceptors (Lipinski definition) is 6. The van der Waals surface area contributed by atoms with Crippen LogP contribution in [0.25, 0.3) is 5.57 Å². The molecule has 0 saturated heterocycles. The van der Waals surface area contributed by atoms with Crippen LogP contribution in [-0.2, 0) is 11.3 Å². The predicted molar refractivity (Wildman–Crippen MR) is 122 cm³/mol. The second kappa shape index (κ2) is 8.49. The van der Waals surface area contributed by atoms with Gasteiger partial charge in [-0.05, 0) is 24.6 Å². The van der Waals surface area contributed by atoms with Crippen LogP contribution in [0.2, 0.25) is 5.02 Å². The molecule has 9 heteroatoms. The van der Waals surface area contributed by atoms with Gasteiger partial charge in [-0.2, -0.15) is 0 Å². The molecule has 0 aromatic heterocycles. The van der Waals surface area contributed by atoms with Gasteiger partial charge in [0.2, 0.25) is 0 Å². The average Bonchev–Trinajstić information content (AvgIpc) is 2.74. The van der Waals surface area contributed by atoms with Crippen molar-refractivity contribution < 1.29 is 18.6 Å². The summed E-state index contributed by atoms with van der Waals surface area (Å²) in [5, 5.41) is 12.6. The number of hydrogen-bond donors (Lipinski definition) is 4. The number of nitrogens with one attached hydrogen (secondary N) is 1. The van der Waals surface area contributed by atoms with Crippen LogP contribution in [0.3, 0.4) is 0 Å². The summed E-state index contributed by atoms with van der Waals surface area (Å²) >= 11 is 6.58. The highest BCUT2D eigenvalue weighted by molar-refractivity contribution is 6.37. The van der Waals surface area contributed by atoms with Gasteiger partial charge in [0.05, 0.1) is 46.7 Å². The zero-order valence-corrected chi connectivity index (χ0v) is 17.9. The maximum Gasteiger partial charge on any atom is 0.171 e. The molecule has 2 aromatic rings. The van der Waals surface area contributed by atoms with Gasteiger partial charge in [0.15, 0.2) is 5.82 Å². The van der Waals surface area contributed by atoms with Gasteiger partial charge in [-0.15, -0.1) is 0 Å². The molecule has 6 N–H and O–H groups in total. The van der Waals surface area contributed by atoms with Crippen molar-refractivity contribution in [3.05, 3.63) is 70.6 Å². The lowest BCUT2D eigenvalue weighted by Gasteiger charge is -2.34. The Morgan fingerprint density at radius 3 is 2.58 bits per heavy atom. The number of benzene rings is 2. The lowest BCUT2D eigenvalue weighted by molar-refractivity contribution is 0.241. The average molecular weight is 449 g/mol. The van der Waals surface area contributed by atoms with E-state index in [2.05, 4.69) is 18.5 Å². The maximum atomic E-state index is 15.0. The summed E-state index contributed by atoms with van der Waals surface area (Å²) < 4.78 is 34.6. The number of halogens is 3. The summed E-state index contributed by atoms with van der Waals surface area (Å²) in [6.07, 6.45) is 1.61. The Morgan fingerprint density at radius 2 is 2.00 bits per heavy atom. The Bertz CT molecular complexity index is 1130. The highest BCUT2D eigenvalue weighted by atomic mass is 35.5. The standard InChI is InChI=1S/C22H23ClF2N4O2/c1-5-31-11(3)13-8-29(16-7-15(26)14(24)6-12(16)9-30)22-17(10(13)2)20(27)19(25)21(28-4)18(22)23/h6-8,28,30H,2-3,5,9,26-27H2,1,4H3. The molecule has 1 aliphatic heterocycles. The molecule has 1 aliphatic rings. The quantitative estimate of drug-likeness (QED) is 0.370. The highest BCUT2D eigenvalue weighted by Crippen LogP contribution is 2.52. The molecule has 0 aliphatic carbocycles. The van der Waals surface area contributed by atoms with Crippen molar-refractivity contribution in [3.8, 4) is 0 Å². The third-order valence-corrected chi connectivity index (χ3v) is 5.38. The summed E-state index contributed by atoms with van der Waals surface area (Å²) in [5.41, 5.74) is 13.5. The van der Waals surface area contributed by atoms with Gasteiger partial charge in [0, 0.05) is 29.9 Å². The first kappa shape index (κ1) is 22.5. The fraction of sp³-hybridized carbons (Fsp3) is 0.182. The summed E-state index contributed by atoms with van der Waals surface area (Å²) in [6.45, 7) is 9.60. The van der Waals surface area contributed by atoms with E-state index in [4.69, 9.17) is 27.8 Å². The zero-order valence-electron chi connectivity index (χ0n) is 17.2. The van der Waals surface area contributed by atoms with Crippen LogP contribution >= 0.6 is 11.6 Å². The number of fused-ring (bicyclic) bond motifs is 1. The minimum Gasteiger partial charge on any atom is -0.494 e. The van der Waals surface area contributed by atoms with Gasteiger partial charge in [-0.1, -0.05) is 24.8 Å². The van der Waals surface area contributed by atoms with E-state index in [1.54, 1.807) is 18.0 Å². The smallest absolute Gasteiger partial charge is 0.171 e. The zero-order chi connectivity index (χ0) is 23.0. The Kier molecular flexibility index (Phi) is 6.15. The number of anilines is 5. The van der Waals surface area contributed by atoms with E-state index in [1.165, 1.54) is 13.1 Å². The minimum absolute atomic E-state index is 0.0168. The number of allylic oxidation sites excluding steroid dienone is 1. The van der Waals surface area contributed by atoms with E-state index in [1.807, 2.05) is 0 Å². The lowest BCUT2D eigenvalue weighted by atomic mass is 9.90. The number of nitrogens with zero attached hydrogens (tertiary/aromatic N) is 1. The number of aliphatic hydroxyl groups excluding tert-OH is 1. The molecular weight excluding hydrogens is 426 g/mol. The summed E-state index contributed by atoms with van der Waals surface area (Å²) in [6, 6.07) is 2.48.